The zero-order valence-corrected chi connectivity index (χ0v) is 14.1. The first-order valence-electron chi connectivity index (χ1n) is 7.23. The first-order chi connectivity index (χ1) is 9.58. The molecule has 1 aliphatic carbocycles. The van der Waals surface area contributed by atoms with Gasteiger partial charge in [-0.05, 0) is 65.7 Å². The Balaban J connectivity index is 2.15. The van der Waals surface area contributed by atoms with Crippen molar-refractivity contribution in [1.82, 2.24) is 0 Å². The minimum atomic E-state index is -0.433. The molecular formula is C16H20BrClN2. The molecule has 0 bridgehead atoms. The van der Waals surface area contributed by atoms with Gasteiger partial charge in [-0.2, -0.15) is 5.26 Å². The van der Waals surface area contributed by atoms with Crippen molar-refractivity contribution in [2.45, 2.75) is 51.0 Å². The molecule has 0 spiro atoms. The van der Waals surface area contributed by atoms with Gasteiger partial charge >= 0.3 is 0 Å². The van der Waals surface area contributed by atoms with Crippen LogP contribution in [0.5, 0.6) is 0 Å². The number of benzene rings is 1. The number of hydrogen-bond acceptors (Lipinski definition) is 2. The minimum Gasteiger partial charge on any atom is -0.367 e. The summed E-state index contributed by atoms with van der Waals surface area (Å²) in [6, 6.07) is 8.26. The van der Waals surface area contributed by atoms with Crippen molar-refractivity contribution >= 4 is 33.2 Å². The van der Waals surface area contributed by atoms with Crippen molar-refractivity contribution in [3.63, 3.8) is 0 Å². The Hall–Kier alpha value is -0.720. The molecule has 0 aliphatic heterocycles. The topological polar surface area (TPSA) is 35.8 Å². The third-order valence-electron chi connectivity index (χ3n) is 4.29. The molecule has 2 nitrogen and oxygen atoms in total. The molecule has 2 rings (SSSR count). The summed E-state index contributed by atoms with van der Waals surface area (Å²) >= 11 is 9.45. The predicted molar refractivity (Wildman–Crippen MR) is 88.0 cm³/mol. The van der Waals surface area contributed by atoms with Gasteiger partial charge in [0, 0.05) is 10.2 Å². The molecule has 1 fully saturated rings. The Labute approximate surface area is 134 Å². The van der Waals surface area contributed by atoms with Crippen LogP contribution in [0.25, 0.3) is 0 Å². The molecule has 4 heteroatoms. The van der Waals surface area contributed by atoms with Gasteiger partial charge in [0.1, 0.15) is 5.54 Å². The molecule has 0 heterocycles. The fraction of sp³-hybridized carbons (Fsp3) is 0.562. The normalized spacial score (nSPS) is 26.6. The maximum atomic E-state index is 9.66. The predicted octanol–water partition coefficient (Wildman–Crippen LogP) is 5.77. The second-order valence-corrected chi connectivity index (χ2v) is 6.91. The third-order valence-corrected chi connectivity index (χ3v) is 5.50. The fourth-order valence-electron chi connectivity index (χ4n) is 2.94. The lowest BCUT2D eigenvalue weighted by Crippen LogP contribution is -2.36. The van der Waals surface area contributed by atoms with Gasteiger partial charge in [0.05, 0.1) is 11.1 Å². The van der Waals surface area contributed by atoms with Gasteiger partial charge in [-0.15, -0.1) is 0 Å². The quantitative estimate of drug-likeness (QED) is 0.699. The first-order valence-corrected chi connectivity index (χ1v) is 8.40. The van der Waals surface area contributed by atoms with Gasteiger partial charge in [-0.25, -0.2) is 0 Å². The van der Waals surface area contributed by atoms with Gasteiger partial charge in [0.25, 0.3) is 0 Å². The first kappa shape index (κ1) is 15.7. The standard InChI is InChI=1S/C16H20BrClN2/c1-2-12-4-3-8-16(11-19,9-7-12)20-13-5-6-15(18)14(17)10-13/h5-6,10,12,20H,2-4,7-9H2,1H3. The second-order valence-electron chi connectivity index (χ2n) is 5.65. The van der Waals surface area contributed by atoms with Crippen LogP contribution in [0.2, 0.25) is 5.02 Å². The molecule has 108 valence electrons. The number of hydrogen-bond donors (Lipinski definition) is 1. The van der Waals surface area contributed by atoms with Crippen molar-refractivity contribution in [1.29, 1.82) is 5.26 Å². The Kier molecular flexibility index (Phi) is 5.35. The second kappa shape index (κ2) is 6.83. The van der Waals surface area contributed by atoms with E-state index in [9.17, 15) is 5.26 Å². The smallest absolute Gasteiger partial charge is 0.125 e. The molecule has 1 aromatic carbocycles. The molecule has 0 radical (unpaired) electrons. The Morgan fingerprint density at radius 1 is 1.45 bits per heavy atom. The highest BCUT2D eigenvalue weighted by Crippen LogP contribution is 2.35. The van der Waals surface area contributed by atoms with Crippen LogP contribution in [0.1, 0.15) is 45.4 Å². The summed E-state index contributed by atoms with van der Waals surface area (Å²) in [7, 11) is 0. The van der Waals surface area contributed by atoms with Gasteiger partial charge in [-0.1, -0.05) is 31.4 Å². The fourth-order valence-corrected chi connectivity index (χ4v) is 3.43. The van der Waals surface area contributed by atoms with Crippen LogP contribution in [-0.2, 0) is 0 Å². The SMILES string of the molecule is CCC1CCCC(C#N)(Nc2ccc(Cl)c(Br)c2)CC1. The van der Waals surface area contributed by atoms with Crippen LogP contribution in [-0.4, -0.2) is 5.54 Å². The number of nitriles is 1. The van der Waals surface area contributed by atoms with Crippen molar-refractivity contribution in [2.75, 3.05) is 5.32 Å². The molecule has 1 N–H and O–H groups in total. The zero-order valence-electron chi connectivity index (χ0n) is 11.8. The number of nitrogens with one attached hydrogen (secondary N) is 1. The molecular weight excluding hydrogens is 336 g/mol. The Morgan fingerprint density at radius 2 is 2.25 bits per heavy atom. The molecule has 0 aromatic heterocycles. The van der Waals surface area contributed by atoms with E-state index in [0.717, 1.165) is 41.8 Å². The summed E-state index contributed by atoms with van der Waals surface area (Å²) in [6.45, 7) is 2.24. The molecule has 2 unspecified atom stereocenters. The average Bonchev–Trinajstić information content (AvgIpc) is 2.66. The van der Waals surface area contributed by atoms with Crippen LogP contribution in [0.4, 0.5) is 5.69 Å². The Bertz CT molecular complexity index is 512. The van der Waals surface area contributed by atoms with Crippen LogP contribution in [0, 0.1) is 17.2 Å². The van der Waals surface area contributed by atoms with E-state index in [4.69, 9.17) is 11.6 Å². The molecule has 20 heavy (non-hydrogen) atoms. The minimum absolute atomic E-state index is 0.433. The number of nitrogens with zero attached hydrogens (tertiary/aromatic N) is 1. The summed E-state index contributed by atoms with van der Waals surface area (Å²) in [5.41, 5.74) is 0.523. The van der Waals surface area contributed by atoms with E-state index in [1.165, 1.54) is 12.8 Å². The molecule has 0 amide bonds. The number of anilines is 1. The van der Waals surface area contributed by atoms with Crippen molar-refractivity contribution in [3.05, 3.63) is 27.7 Å². The summed E-state index contributed by atoms with van der Waals surface area (Å²) in [6.07, 6.45) is 6.54. The summed E-state index contributed by atoms with van der Waals surface area (Å²) in [5, 5.41) is 13.8. The molecule has 0 saturated heterocycles. The van der Waals surface area contributed by atoms with Crippen molar-refractivity contribution < 1.29 is 0 Å². The van der Waals surface area contributed by atoms with Crippen molar-refractivity contribution in [2.24, 2.45) is 5.92 Å². The highest BCUT2D eigenvalue weighted by atomic mass is 79.9. The van der Waals surface area contributed by atoms with Crippen LogP contribution < -0.4 is 5.32 Å². The molecule has 2 atom stereocenters. The van der Waals surface area contributed by atoms with Crippen LogP contribution in [0.15, 0.2) is 22.7 Å². The lowest BCUT2D eigenvalue weighted by atomic mass is 9.90. The number of halogens is 2. The van der Waals surface area contributed by atoms with Gasteiger partial charge in [0.15, 0.2) is 0 Å². The van der Waals surface area contributed by atoms with Gasteiger partial charge < -0.3 is 5.32 Å². The maximum absolute atomic E-state index is 9.66. The summed E-state index contributed by atoms with van der Waals surface area (Å²) in [5.74, 6) is 0.768. The van der Waals surface area contributed by atoms with Gasteiger partial charge in [-0.3, -0.25) is 0 Å². The van der Waals surface area contributed by atoms with Gasteiger partial charge in [0.2, 0.25) is 0 Å². The van der Waals surface area contributed by atoms with Crippen molar-refractivity contribution in [3.8, 4) is 6.07 Å². The van der Waals surface area contributed by atoms with E-state index >= 15 is 0 Å². The van der Waals surface area contributed by atoms with E-state index in [2.05, 4.69) is 34.2 Å². The van der Waals surface area contributed by atoms with E-state index in [1.807, 2.05) is 18.2 Å². The maximum Gasteiger partial charge on any atom is 0.125 e. The molecule has 1 saturated carbocycles. The van der Waals surface area contributed by atoms with E-state index in [-0.39, 0.29) is 0 Å². The Morgan fingerprint density at radius 3 is 2.90 bits per heavy atom. The highest BCUT2D eigenvalue weighted by molar-refractivity contribution is 9.10. The highest BCUT2D eigenvalue weighted by Gasteiger charge is 2.32. The lowest BCUT2D eigenvalue weighted by Gasteiger charge is -2.28. The molecule has 1 aromatic rings. The van der Waals surface area contributed by atoms with E-state index < -0.39 is 5.54 Å². The molecule has 1 aliphatic rings. The zero-order chi connectivity index (χ0) is 14.6. The van der Waals surface area contributed by atoms with E-state index in [1.54, 1.807) is 0 Å². The lowest BCUT2D eigenvalue weighted by molar-refractivity contribution is 0.436. The summed E-state index contributed by atoms with van der Waals surface area (Å²) < 4.78 is 0.859. The van der Waals surface area contributed by atoms with E-state index in [0.29, 0.717) is 5.02 Å². The summed E-state index contributed by atoms with van der Waals surface area (Å²) in [4.78, 5) is 0. The van der Waals surface area contributed by atoms with Crippen LogP contribution in [0.3, 0.4) is 0 Å². The largest absolute Gasteiger partial charge is 0.367 e. The third kappa shape index (κ3) is 3.68. The monoisotopic (exact) mass is 354 g/mol. The average molecular weight is 356 g/mol. The van der Waals surface area contributed by atoms with Crippen LogP contribution >= 0.6 is 27.5 Å². The number of rotatable bonds is 3.